The van der Waals surface area contributed by atoms with E-state index in [-0.39, 0.29) is 5.91 Å². The first-order chi connectivity index (χ1) is 8.93. The molecule has 0 aromatic rings. The monoisotopic (exact) mass is 268 g/mol. The summed E-state index contributed by atoms with van der Waals surface area (Å²) in [5.41, 5.74) is 4.69. The second-order valence-corrected chi connectivity index (χ2v) is 6.13. The van der Waals surface area contributed by atoms with Gasteiger partial charge in [0.2, 0.25) is 5.91 Å². The number of carbonyl (C=O) groups is 2. The van der Waals surface area contributed by atoms with Gasteiger partial charge in [0.05, 0.1) is 11.0 Å². The molecule has 1 amide bonds. The minimum Gasteiger partial charge on any atom is -0.481 e. The van der Waals surface area contributed by atoms with Crippen molar-refractivity contribution < 1.29 is 14.7 Å². The number of hydrogen-bond acceptors (Lipinski definition) is 3. The predicted octanol–water partition coefficient (Wildman–Crippen LogP) is 1.36. The molecule has 5 heteroatoms. The Morgan fingerprint density at radius 1 is 1.21 bits per heavy atom. The third-order valence-corrected chi connectivity index (χ3v) is 4.92. The second-order valence-electron chi connectivity index (χ2n) is 6.13. The lowest BCUT2D eigenvalue weighted by Crippen LogP contribution is -2.58. The van der Waals surface area contributed by atoms with E-state index >= 15 is 0 Å². The van der Waals surface area contributed by atoms with Gasteiger partial charge in [-0.25, -0.2) is 0 Å². The van der Waals surface area contributed by atoms with E-state index in [1.165, 1.54) is 0 Å². The second kappa shape index (κ2) is 5.12. The van der Waals surface area contributed by atoms with E-state index in [2.05, 4.69) is 0 Å². The fraction of sp³-hybridized carbons (Fsp3) is 0.857. The predicted molar refractivity (Wildman–Crippen MR) is 71.6 cm³/mol. The van der Waals surface area contributed by atoms with Crippen LogP contribution in [0, 0.1) is 5.41 Å². The lowest BCUT2D eigenvalue weighted by Gasteiger charge is -2.42. The Morgan fingerprint density at radius 3 is 2.37 bits per heavy atom. The molecule has 1 unspecified atom stereocenters. The van der Waals surface area contributed by atoms with Crippen LogP contribution in [0.25, 0.3) is 0 Å². The number of aliphatic carboxylic acids is 1. The average Bonchev–Trinajstić information content (AvgIpc) is 2.86. The molecule has 3 N–H and O–H groups in total. The van der Waals surface area contributed by atoms with Crippen molar-refractivity contribution in [2.75, 3.05) is 13.1 Å². The van der Waals surface area contributed by atoms with Crippen molar-refractivity contribution in [2.24, 2.45) is 11.1 Å². The number of carboxylic acid groups (broad SMARTS) is 1. The number of rotatable bonds is 3. The van der Waals surface area contributed by atoms with Crippen molar-refractivity contribution >= 4 is 11.9 Å². The lowest BCUT2D eigenvalue weighted by molar-refractivity contribution is -0.156. The van der Waals surface area contributed by atoms with Gasteiger partial charge in [-0.1, -0.05) is 19.8 Å². The van der Waals surface area contributed by atoms with Crippen molar-refractivity contribution in [3.8, 4) is 0 Å². The van der Waals surface area contributed by atoms with Crippen molar-refractivity contribution in [3.63, 3.8) is 0 Å². The Hall–Kier alpha value is -1.10. The van der Waals surface area contributed by atoms with E-state index in [4.69, 9.17) is 5.73 Å². The maximum Gasteiger partial charge on any atom is 0.311 e. The number of likely N-dealkylation sites (tertiary alicyclic amines) is 1. The van der Waals surface area contributed by atoms with Crippen molar-refractivity contribution in [2.45, 2.75) is 57.4 Å². The number of nitrogens with zero attached hydrogens (tertiary/aromatic N) is 1. The fourth-order valence-corrected chi connectivity index (χ4v) is 3.45. The van der Waals surface area contributed by atoms with E-state index in [1.807, 2.05) is 6.92 Å². The number of carbonyl (C=O) groups excluding carboxylic acids is 1. The molecule has 5 nitrogen and oxygen atoms in total. The Balaban J connectivity index is 2.13. The summed E-state index contributed by atoms with van der Waals surface area (Å²) in [5, 5.41) is 9.45. The number of hydrogen-bond donors (Lipinski definition) is 2. The molecule has 19 heavy (non-hydrogen) atoms. The third-order valence-electron chi connectivity index (χ3n) is 4.92. The minimum absolute atomic E-state index is 0.0382. The van der Waals surface area contributed by atoms with Crippen LogP contribution in [0.5, 0.6) is 0 Å². The van der Waals surface area contributed by atoms with Gasteiger partial charge in [-0.05, 0) is 32.1 Å². The van der Waals surface area contributed by atoms with Crippen LogP contribution in [0.3, 0.4) is 0 Å². The number of piperidine rings is 1. The zero-order chi connectivity index (χ0) is 14.1. The van der Waals surface area contributed by atoms with Crippen molar-refractivity contribution in [3.05, 3.63) is 0 Å². The number of nitrogens with two attached hydrogens (primary N) is 1. The maximum absolute atomic E-state index is 12.6. The highest BCUT2D eigenvalue weighted by Gasteiger charge is 2.46. The third kappa shape index (κ3) is 2.48. The molecule has 0 aromatic heterocycles. The molecule has 0 bridgehead atoms. The molecule has 1 aliphatic heterocycles. The molecule has 0 aromatic carbocycles. The van der Waals surface area contributed by atoms with Crippen molar-refractivity contribution in [1.29, 1.82) is 0 Å². The van der Waals surface area contributed by atoms with E-state index in [0.717, 1.165) is 32.1 Å². The Kier molecular flexibility index (Phi) is 3.85. The van der Waals surface area contributed by atoms with Gasteiger partial charge in [0.1, 0.15) is 0 Å². The van der Waals surface area contributed by atoms with Crippen LogP contribution >= 0.6 is 0 Å². The zero-order valence-corrected chi connectivity index (χ0v) is 11.7. The highest BCUT2D eigenvalue weighted by atomic mass is 16.4. The molecule has 2 aliphatic rings. The largest absolute Gasteiger partial charge is 0.481 e. The first kappa shape index (κ1) is 14.3. The summed E-state index contributed by atoms with van der Waals surface area (Å²) < 4.78 is 0. The summed E-state index contributed by atoms with van der Waals surface area (Å²) in [5.74, 6) is -0.825. The van der Waals surface area contributed by atoms with Gasteiger partial charge in [-0.2, -0.15) is 0 Å². The molecule has 1 saturated heterocycles. The van der Waals surface area contributed by atoms with Crippen molar-refractivity contribution in [1.82, 2.24) is 4.90 Å². The molecule has 0 spiro atoms. The van der Waals surface area contributed by atoms with Crippen LogP contribution in [-0.4, -0.2) is 40.5 Å². The molecule has 2 rings (SSSR count). The van der Waals surface area contributed by atoms with E-state index in [9.17, 15) is 14.7 Å². The van der Waals surface area contributed by atoms with Crippen LogP contribution in [0.1, 0.15) is 51.9 Å². The zero-order valence-electron chi connectivity index (χ0n) is 11.7. The van der Waals surface area contributed by atoms with E-state index in [1.54, 1.807) is 4.90 Å². The summed E-state index contributed by atoms with van der Waals surface area (Å²) in [7, 11) is 0. The molecule has 0 radical (unpaired) electrons. The molecule has 1 aliphatic carbocycles. The SMILES string of the molecule is CCC1(C(=O)O)CCCN(C(=O)C2(N)CCCC2)C1. The molecule has 2 fully saturated rings. The highest BCUT2D eigenvalue weighted by molar-refractivity contribution is 5.87. The molecule has 1 saturated carbocycles. The first-order valence-corrected chi connectivity index (χ1v) is 7.25. The lowest BCUT2D eigenvalue weighted by atomic mass is 9.77. The molecule has 1 heterocycles. The summed E-state index contributed by atoms with van der Waals surface area (Å²) in [4.78, 5) is 25.8. The van der Waals surface area contributed by atoms with Crippen LogP contribution in [-0.2, 0) is 9.59 Å². The topological polar surface area (TPSA) is 83.6 Å². The van der Waals surface area contributed by atoms with Crippen LogP contribution in [0.2, 0.25) is 0 Å². The van der Waals surface area contributed by atoms with Gasteiger partial charge in [0.15, 0.2) is 0 Å². The van der Waals surface area contributed by atoms with Gasteiger partial charge < -0.3 is 15.7 Å². The Morgan fingerprint density at radius 2 is 1.84 bits per heavy atom. The van der Waals surface area contributed by atoms with E-state index in [0.29, 0.717) is 25.9 Å². The van der Waals surface area contributed by atoms with Gasteiger partial charge in [0, 0.05) is 13.1 Å². The van der Waals surface area contributed by atoms with Gasteiger partial charge >= 0.3 is 5.97 Å². The Bertz CT molecular complexity index is 377. The minimum atomic E-state index is -0.787. The van der Waals surface area contributed by atoms with Gasteiger partial charge in [-0.15, -0.1) is 0 Å². The average molecular weight is 268 g/mol. The summed E-state index contributed by atoms with van der Waals surface area (Å²) in [6.45, 7) is 2.85. The maximum atomic E-state index is 12.6. The number of carboxylic acids is 1. The smallest absolute Gasteiger partial charge is 0.311 e. The molecule has 1 atom stereocenters. The standard InChI is InChI=1S/C14H24N2O3/c1-2-13(12(18)19)6-5-9-16(10-13)11(17)14(15)7-3-4-8-14/h2-10,15H2,1H3,(H,18,19). The van der Waals surface area contributed by atoms with Gasteiger partial charge in [-0.3, -0.25) is 9.59 Å². The molecular formula is C14H24N2O3. The molecule has 108 valence electrons. The number of amides is 1. The van der Waals surface area contributed by atoms with Crippen LogP contribution in [0.15, 0.2) is 0 Å². The summed E-state index contributed by atoms with van der Waals surface area (Å²) in [6, 6.07) is 0. The fourth-order valence-electron chi connectivity index (χ4n) is 3.45. The Labute approximate surface area is 114 Å². The van der Waals surface area contributed by atoms with E-state index < -0.39 is 16.9 Å². The normalized spacial score (nSPS) is 30.3. The first-order valence-electron chi connectivity index (χ1n) is 7.25. The summed E-state index contributed by atoms with van der Waals surface area (Å²) >= 11 is 0. The summed E-state index contributed by atoms with van der Waals surface area (Å²) in [6.07, 6.45) is 5.41. The quantitative estimate of drug-likeness (QED) is 0.809. The highest BCUT2D eigenvalue weighted by Crippen LogP contribution is 2.36. The van der Waals surface area contributed by atoms with Crippen LogP contribution in [0.4, 0.5) is 0 Å². The van der Waals surface area contributed by atoms with Crippen LogP contribution < -0.4 is 5.73 Å². The van der Waals surface area contributed by atoms with Gasteiger partial charge in [0.25, 0.3) is 0 Å². The molecular weight excluding hydrogens is 244 g/mol.